The van der Waals surface area contributed by atoms with E-state index < -0.39 is 10.0 Å². The van der Waals surface area contributed by atoms with Crippen LogP contribution in [0.1, 0.15) is 5.56 Å². The van der Waals surface area contributed by atoms with E-state index in [1.165, 1.54) is 30.9 Å². The summed E-state index contributed by atoms with van der Waals surface area (Å²) >= 11 is 1.36. The Morgan fingerprint density at radius 2 is 2.00 bits per heavy atom. The van der Waals surface area contributed by atoms with E-state index in [1.807, 2.05) is 25.1 Å². The van der Waals surface area contributed by atoms with Crippen LogP contribution in [0.4, 0.5) is 5.69 Å². The Labute approximate surface area is 144 Å². The fourth-order valence-corrected chi connectivity index (χ4v) is 3.74. The summed E-state index contributed by atoms with van der Waals surface area (Å²) in [5.74, 6) is 0.498. The highest BCUT2D eigenvalue weighted by atomic mass is 32.2. The molecule has 24 heavy (non-hydrogen) atoms. The summed E-state index contributed by atoms with van der Waals surface area (Å²) in [6.45, 7) is 1.84. The van der Waals surface area contributed by atoms with E-state index >= 15 is 0 Å². The number of benzene rings is 1. The lowest BCUT2D eigenvalue weighted by Crippen LogP contribution is -2.15. The number of hydrogen-bond acceptors (Lipinski definition) is 6. The fraction of sp³-hybridized carbons (Fsp3) is 0.125. The lowest BCUT2D eigenvalue weighted by atomic mass is 10.1. The van der Waals surface area contributed by atoms with Gasteiger partial charge in [0.2, 0.25) is 0 Å². The van der Waals surface area contributed by atoms with Gasteiger partial charge >= 0.3 is 0 Å². The smallest absolute Gasteiger partial charge is 0.279 e. The number of methoxy groups -OCH3 is 1. The van der Waals surface area contributed by atoms with E-state index in [-0.39, 0.29) is 5.03 Å². The average molecular weight is 361 g/mol. The van der Waals surface area contributed by atoms with Gasteiger partial charge in [0.25, 0.3) is 10.0 Å². The molecule has 124 valence electrons. The minimum absolute atomic E-state index is 0.0640. The highest BCUT2D eigenvalue weighted by Gasteiger charge is 2.17. The van der Waals surface area contributed by atoms with E-state index in [0.717, 1.165) is 16.0 Å². The van der Waals surface area contributed by atoms with Crippen LogP contribution in [-0.4, -0.2) is 24.9 Å². The van der Waals surface area contributed by atoms with Crippen LogP contribution in [0.25, 0.3) is 10.4 Å². The normalized spacial score (nSPS) is 11.2. The van der Waals surface area contributed by atoms with E-state index in [1.54, 1.807) is 18.3 Å². The maximum atomic E-state index is 12.5. The standard InChI is InChI=1S/C16H15N3O3S2/c1-11-3-4-12(15-7-8-18-23-15)9-14(11)19-24(20,21)16-6-5-13(22-2)10-17-16/h3-10,19H,1-2H3. The SMILES string of the molecule is COc1ccc(S(=O)(=O)Nc2cc(-c3ccns3)ccc2C)nc1. The molecule has 3 rings (SSSR count). The monoisotopic (exact) mass is 361 g/mol. The molecule has 0 aliphatic heterocycles. The van der Waals surface area contributed by atoms with Gasteiger partial charge in [0, 0.05) is 6.20 Å². The van der Waals surface area contributed by atoms with Crippen LogP contribution in [0.15, 0.2) is 53.8 Å². The first-order valence-corrected chi connectivity index (χ1v) is 9.30. The van der Waals surface area contributed by atoms with Crippen molar-refractivity contribution in [1.82, 2.24) is 9.36 Å². The van der Waals surface area contributed by atoms with Gasteiger partial charge in [-0.05, 0) is 53.8 Å². The van der Waals surface area contributed by atoms with Gasteiger partial charge in [-0.2, -0.15) is 8.42 Å². The molecule has 0 aliphatic carbocycles. The molecular weight excluding hydrogens is 346 g/mol. The third kappa shape index (κ3) is 3.39. The Hall–Kier alpha value is -2.45. The predicted octanol–water partition coefficient (Wildman–Crippen LogP) is 3.32. The van der Waals surface area contributed by atoms with Gasteiger partial charge in [0.1, 0.15) is 5.75 Å². The summed E-state index contributed by atoms with van der Waals surface area (Å²) in [4.78, 5) is 4.91. The molecule has 3 aromatic rings. The molecule has 0 saturated carbocycles. The van der Waals surface area contributed by atoms with Gasteiger partial charge in [0.15, 0.2) is 5.03 Å². The largest absolute Gasteiger partial charge is 0.495 e. The number of anilines is 1. The van der Waals surface area contributed by atoms with E-state index in [4.69, 9.17) is 4.74 Å². The minimum atomic E-state index is -3.78. The van der Waals surface area contributed by atoms with E-state index in [9.17, 15) is 8.42 Å². The molecule has 1 N–H and O–H groups in total. The van der Waals surface area contributed by atoms with Crippen LogP contribution >= 0.6 is 11.5 Å². The zero-order chi connectivity index (χ0) is 17.2. The first-order chi connectivity index (χ1) is 11.5. The number of aromatic nitrogens is 2. The van der Waals surface area contributed by atoms with E-state index in [2.05, 4.69) is 14.1 Å². The fourth-order valence-electron chi connectivity index (χ4n) is 2.09. The predicted molar refractivity (Wildman–Crippen MR) is 93.9 cm³/mol. The van der Waals surface area contributed by atoms with Crippen molar-refractivity contribution in [2.45, 2.75) is 11.9 Å². The van der Waals surface area contributed by atoms with Gasteiger partial charge in [-0.3, -0.25) is 4.72 Å². The average Bonchev–Trinajstić information content (AvgIpc) is 3.11. The molecule has 0 atom stereocenters. The summed E-state index contributed by atoms with van der Waals surface area (Å²) in [5, 5.41) is -0.0640. The zero-order valence-electron chi connectivity index (χ0n) is 13.1. The molecule has 0 saturated heterocycles. The number of hydrogen-bond donors (Lipinski definition) is 1. The molecule has 0 radical (unpaired) electrons. The summed E-state index contributed by atoms with van der Waals surface area (Å²) in [6.07, 6.45) is 3.08. The molecular formula is C16H15N3O3S2. The van der Waals surface area contributed by atoms with Crippen LogP contribution in [-0.2, 0) is 10.0 Å². The van der Waals surface area contributed by atoms with Crippen LogP contribution in [0, 0.1) is 6.92 Å². The van der Waals surface area contributed by atoms with Gasteiger partial charge < -0.3 is 4.74 Å². The Morgan fingerprint density at radius 3 is 2.62 bits per heavy atom. The third-order valence-corrected chi connectivity index (χ3v) is 5.50. The van der Waals surface area contributed by atoms with Gasteiger partial charge in [0.05, 0.1) is 23.9 Å². The molecule has 2 aromatic heterocycles. The molecule has 0 fully saturated rings. The van der Waals surface area contributed by atoms with Gasteiger partial charge in [-0.25, -0.2) is 9.36 Å². The Kier molecular flexibility index (Phi) is 4.50. The van der Waals surface area contributed by atoms with Crippen molar-refractivity contribution >= 4 is 27.2 Å². The van der Waals surface area contributed by atoms with Crippen molar-refractivity contribution in [2.24, 2.45) is 0 Å². The maximum absolute atomic E-state index is 12.5. The van der Waals surface area contributed by atoms with Crippen LogP contribution in [0.3, 0.4) is 0 Å². The van der Waals surface area contributed by atoms with Crippen molar-refractivity contribution in [2.75, 3.05) is 11.8 Å². The number of sulfonamides is 1. The number of ether oxygens (including phenoxy) is 1. The topological polar surface area (TPSA) is 81.2 Å². The number of aryl methyl sites for hydroxylation is 1. The molecule has 0 spiro atoms. The Morgan fingerprint density at radius 1 is 1.17 bits per heavy atom. The molecule has 0 unspecified atom stereocenters. The highest BCUT2D eigenvalue weighted by Crippen LogP contribution is 2.28. The van der Waals surface area contributed by atoms with Crippen LogP contribution < -0.4 is 9.46 Å². The highest BCUT2D eigenvalue weighted by molar-refractivity contribution is 7.92. The summed E-state index contributed by atoms with van der Waals surface area (Å²) in [5.41, 5.74) is 2.24. The number of rotatable bonds is 5. The number of nitrogens with one attached hydrogen (secondary N) is 1. The van der Waals surface area contributed by atoms with Crippen molar-refractivity contribution in [3.05, 3.63) is 54.4 Å². The first-order valence-electron chi connectivity index (χ1n) is 7.04. The molecule has 1 aromatic carbocycles. The second kappa shape index (κ2) is 6.58. The van der Waals surface area contributed by atoms with Gasteiger partial charge in [-0.1, -0.05) is 12.1 Å². The van der Waals surface area contributed by atoms with Crippen LogP contribution in [0.5, 0.6) is 5.75 Å². The summed E-state index contributed by atoms with van der Waals surface area (Å²) in [6, 6.07) is 10.5. The minimum Gasteiger partial charge on any atom is -0.495 e. The van der Waals surface area contributed by atoms with Crippen molar-refractivity contribution in [3.63, 3.8) is 0 Å². The lowest BCUT2D eigenvalue weighted by molar-refractivity contribution is 0.412. The zero-order valence-corrected chi connectivity index (χ0v) is 14.7. The Bertz CT molecular complexity index is 937. The second-order valence-corrected chi connectivity index (χ2v) is 7.51. The number of nitrogens with zero attached hydrogens (tertiary/aromatic N) is 2. The molecule has 0 amide bonds. The quantitative estimate of drug-likeness (QED) is 0.754. The molecule has 0 bridgehead atoms. The molecule has 6 nitrogen and oxygen atoms in total. The maximum Gasteiger partial charge on any atom is 0.279 e. The van der Waals surface area contributed by atoms with Crippen molar-refractivity contribution in [1.29, 1.82) is 0 Å². The third-order valence-electron chi connectivity index (χ3n) is 3.42. The van der Waals surface area contributed by atoms with Gasteiger partial charge in [-0.15, -0.1) is 0 Å². The molecule has 8 heteroatoms. The molecule has 0 aliphatic rings. The summed E-state index contributed by atoms with van der Waals surface area (Å²) < 4.78 is 36.7. The first kappa shape index (κ1) is 16.4. The van der Waals surface area contributed by atoms with E-state index in [0.29, 0.717) is 11.4 Å². The summed E-state index contributed by atoms with van der Waals surface area (Å²) in [7, 11) is -2.28. The van der Waals surface area contributed by atoms with Crippen LogP contribution in [0.2, 0.25) is 0 Å². The number of pyridine rings is 1. The Balaban J connectivity index is 1.93. The van der Waals surface area contributed by atoms with Crippen molar-refractivity contribution in [3.8, 4) is 16.2 Å². The molecule has 2 heterocycles. The second-order valence-electron chi connectivity index (χ2n) is 5.05. The van der Waals surface area contributed by atoms with Crippen molar-refractivity contribution < 1.29 is 13.2 Å². The lowest BCUT2D eigenvalue weighted by Gasteiger charge is -2.11.